The zero-order chi connectivity index (χ0) is 14.4. The molecule has 0 spiro atoms. The molecule has 0 fully saturated rings. The van der Waals surface area contributed by atoms with E-state index in [1.807, 2.05) is 45.0 Å². The average molecular weight is 263 g/mol. The second-order valence-electron chi connectivity index (χ2n) is 4.91. The van der Waals surface area contributed by atoms with Gasteiger partial charge in [0.15, 0.2) is 0 Å². The highest BCUT2D eigenvalue weighted by molar-refractivity contribution is 5.96. The number of ether oxygens (including phenoxy) is 1. The highest BCUT2D eigenvalue weighted by atomic mass is 16.5. The SMILES string of the molecule is CC(=O)CC(=O)NC(C)c1cccc(OC(C)C)c1. The van der Waals surface area contributed by atoms with E-state index >= 15 is 0 Å². The van der Waals surface area contributed by atoms with Crippen LogP contribution in [0.15, 0.2) is 24.3 Å². The van der Waals surface area contributed by atoms with Gasteiger partial charge in [-0.3, -0.25) is 9.59 Å². The lowest BCUT2D eigenvalue weighted by atomic mass is 10.1. The standard InChI is InChI=1S/C15H21NO3/c1-10(2)19-14-7-5-6-13(9-14)12(4)16-15(18)8-11(3)17/h5-7,9-10,12H,8H2,1-4H3,(H,16,18). The summed E-state index contributed by atoms with van der Waals surface area (Å²) in [6, 6.07) is 7.45. The molecule has 4 heteroatoms. The maximum Gasteiger partial charge on any atom is 0.227 e. The summed E-state index contributed by atoms with van der Waals surface area (Å²) in [6.45, 7) is 7.21. The molecular formula is C15H21NO3. The highest BCUT2D eigenvalue weighted by Gasteiger charge is 2.11. The van der Waals surface area contributed by atoms with Crippen molar-refractivity contribution in [2.75, 3.05) is 0 Å². The van der Waals surface area contributed by atoms with Crippen LogP contribution in [-0.2, 0) is 9.59 Å². The quantitative estimate of drug-likeness (QED) is 0.803. The number of ketones is 1. The maximum absolute atomic E-state index is 11.5. The minimum Gasteiger partial charge on any atom is -0.491 e. The van der Waals surface area contributed by atoms with Gasteiger partial charge in [-0.15, -0.1) is 0 Å². The Labute approximate surface area is 114 Å². The van der Waals surface area contributed by atoms with Crippen LogP contribution in [0.1, 0.15) is 45.7 Å². The summed E-state index contributed by atoms with van der Waals surface area (Å²) >= 11 is 0. The Morgan fingerprint density at radius 2 is 1.95 bits per heavy atom. The van der Waals surface area contributed by atoms with Crippen LogP contribution in [0, 0.1) is 0 Å². The van der Waals surface area contributed by atoms with Crippen LogP contribution in [0.5, 0.6) is 5.75 Å². The third kappa shape index (κ3) is 5.55. The van der Waals surface area contributed by atoms with E-state index < -0.39 is 0 Å². The van der Waals surface area contributed by atoms with Crippen LogP contribution >= 0.6 is 0 Å². The van der Waals surface area contributed by atoms with Crippen LogP contribution in [0.4, 0.5) is 0 Å². The Hall–Kier alpha value is -1.84. The van der Waals surface area contributed by atoms with E-state index in [0.717, 1.165) is 11.3 Å². The fourth-order valence-corrected chi connectivity index (χ4v) is 1.73. The first-order valence-electron chi connectivity index (χ1n) is 6.44. The molecule has 0 saturated carbocycles. The maximum atomic E-state index is 11.5. The van der Waals surface area contributed by atoms with Crippen LogP contribution in [0.2, 0.25) is 0 Å². The zero-order valence-electron chi connectivity index (χ0n) is 11.9. The molecule has 0 saturated heterocycles. The molecule has 104 valence electrons. The van der Waals surface area contributed by atoms with E-state index in [2.05, 4.69) is 5.32 Å². The highest BCUT2D eigenvalue weighted by Crippen LogP contribution is 2.20. The lowest BCUT2D eigenvalue weighted by Crippen LogP contribution is -2.27. The van der Waals surface area contributed by atoms with Crippen molar-refractivity contribution in [1.82, 2.24) is 5.32 Å². The van der Waals surface area contributed by atoms with Crippen LogP contribution in [0.3, 0.4) is 0 Å². The molecule has 1 aromatic carbocycles. The van der Waals surface area contributed by atoms with Crippen LogP contribution in [0.25, 0.3) is 0 Å². The van der Waals surface area contributed by atoms with E-state index in [1.54, 1.807) is 0 Å². The van der Waals surface area contributed by atoms with Gasteiger partial charge in [-0.2, -0.15) is 0 Å². The molecule has 1 aromatic rings. The van der Waals surface area contributed by atoms with Gasteiger partial charge >= 0.3 is 0 Å². The van der Waals surface area contributed by atoms with Crippen molar-refractivity contribution in [3.8, 4) is 5.75 Å². The summed E-state index contributed by atoms with van der Waals surface area (Å²) in [6.07, 6.45) is 0.0323. The number of carbonyl (C=O) groups is 2. The molecular weight excluding hydrogens is 242 g/mol. The Bertz CT molecular complexity index is 454. The van der Waals surface area contributed by atoms with Crippen molar-refractivity contribution >= 4 is 11.7 Å². The molecule has 1 rings (SSSR count). The topological polar surface area (TPSA) is 55.4 Å². The summed E-state index contributed by atoms with van der Waals surface area (Å²) in [5, 5.41) is 2.79. The van der Waals surface area contributed by atoms with Gasteiger partial charge in [-0.05, 0) is 45.4 Å². The number of hydrogen-bond donors (Lipinski definition) is 1. The van der Waals surface area contributed by atoms with Crippen molar-refractivity contribution in [3.05, 3.63) is 29.8 Å². The first kappa shape index (κ1) is 15.2. The Kier molecular flexibility index (Phi) is 5.55. The molecule has 0 aromatic heterocycles. The molecule has 1 atom stereocenters. The Morgan fingerprint density at radius 3 is 2.53 bits per heavy atom. The van der Waals surface area contributed by atoms with Crippen LogP contribution < -0.4 is 10.1 Å². The summed E-state index contributed by atoms with van der Waals surface area (Å²) in [5.41, 5.74) is 0.954. The normalized spacial score (nSPS) is 12.1. The van der Waals surface area contributed by atoms with Gasteiger partial charge < -0.3 is 10.1 Å². The van der Waals surface area contributed by atoms with Gasteiger partial charge in [0.05, 0.1) is 18.6 Å². The zero-order valence-corrected chi connectivity index (χ0v) is 11.9. The minimum absolute atomic E-state index is 0.0769. The molecule has 0 heterocycles. The predicted molar refractivity (Wildman–Crippen MR) is 74.1 cm³/mol. The minimum atomic E-state index is -0.254. The van der Waals surface area contributed by atoms with Gasteiger partial charge in [0.25, 0.3) is 0 Å². The average Bonchev–Trinajstić information content (AvgIpc) is 2.27. The van der Waals surface area contributed by atoms with Gasteiger partial charge in [-0.1, -0.05) is 12.1 Å². The molecule has 1 unspecified atom stereocenters. The number of carbonyl (C=O) groups excluding carboxylic acids is 2. The molecule has 0 aliphatic carbocycles. The molecule has 4 nitrogen and oxygen atoms in total. The molecule has 1 N–H and O–H groups in total. The first-order valence-corrected chi connectivity index (χ1v) is 6.44. The number of nitrogens with one attached hydrogen (secondary N) is 1. The second kappa shape index (κ2) is 6.92. The van der Waals surface area contributed by atoms with Gasteiger partial charge in [0, 0.05) is 0 Å². The summed E-state index contributed by atoms with van der Waals surface area (Å²) in [4.78, 5) is 22.4. The molecule has 1 amide bonds. The summed E-state index contributed by atoms with van der Waals surface area (Å²) in [7, 11) is 0. The van der Waals surface area contributed by atoms with Gasteiger partial charge in [0.2, 0.25) is 5.91 Å². The smallest absolute Gasteiger partial charge is 0.227 e. The molecule has 19 heavy (non-hydrogen) atoms. The first-order chi connectivity index (χ1) is 8.88. The summed E-state index contributed by atoms with van der Waals surface area (Å²) < 4.78 is 5.61. The van der Waals surface area contributed by atoms with Crippen molar-refractivity contribution in [1.29, 1.82) is 0 Å². The van der Waals surface area contributed by atoms with Crippen molar-refractivity contribution in [2.24, 2.45) is 0 Å². The van der Waals surface area contributed by atoms with Crippen molar-refractivity contribution in [2.45, 2.75) is 46.3 Å². The molecule has 0 aliphatic rings. The Balaban J connectivity index is 2.68. The third-order valence-corrected chi connectivity index (χ3v) is 2.52. The van der Waals surface area contributed by atoms with E-state index in [-0.39, 0.29) is 30.3 Å². The number of amides is 1. The lowest BCUT2D eigenvalue weighted by molar-refractivity contribution is -0.127. The molecule has 0 radical (unpaired) electrons. The van der Waals surface area contributed by atoms with E-state index in [1.165, 1.54) is 6.92 Å². The largest absolute Gasteiger partial charge is 0.491 e. The monoisotopic (exact) mass is 263 g/mol. The number of Topliss-reactive ketones (excluding diaryl/α,β-unsaturated/α-hetero) is 1. The predicted octanol–water partition coefficient (Wildman–Crippen LogP) is 2.63. The molecule has 0 bridgehead atoms. The third-order valence-electron chi connectivity index (χ3n) is 2.52. The van der Waals surface area contributed by atoms with Crippen molar-refractivity contribution < 1.29 is 14.3 Å². The van der Waals surface area contributed by atoms with E-state index in [4.69, 9.17) is 4.74 Å². The number of rotatable bonds is 6. The molecule has 0 aliphatic heterocycles. The fraction of sp³-hybridized carbons (Fsp3) is 0.467. The van der Waals surface area contributed by atoms with Crippen LogP contribution in [-0.4, -0.2) is 17.8 Å². The fourth-order valence-electron chi connectivity index (χ4n) is 1.73. The summed E-state index contributed by atoms with van der Waals surface area (Å²) in [5.74, 6) is 0.386. The van der Waals surface area contributed by atoms with Gasteiger partial charge in [0.1, 0.15) is 11.5 Å². The number of hydrogen-bond acceptors (Lipinski definition) is 3. The van der Waals surface area contributed by atoms with E-state index in [0.29, 0.717) is 0 Å². The lowest BCUT2D eigenvalue weighted by Gasteiger charge is -2.16. The second-order valence-corrected chi connectivity index (χ2v) is 4.91. The van der Waals surface area contributed by atoms with E-state index in [9.17, 15) is 9.59 Å². The van der Waals surface area contributed by atoms with Crippen molar-refractivity contribution in [3.63, 3.8) is 0 Å². The Morgan fingerprint density at radius 1 is 1.26 bits per heavy atom. The van der Waals surface area contributed by atoms with Gasteiger partial charge in [-0.25, -0.2) is 0 Å². The number of benzene rings is 1.